The van der Waals surface area contributed by atoms with E-state index in [9.17, 15) is 23.9 Å². The monoisotopic (exact) mass is 295 g/mol. The quantitative estimate of drug-likeness (QED) is 0.837. The molecule has 0 saturated carbocycles. The molecule has 0 radical (unpaired) electrons. The fourth-order valence-electron chi connectivity index (χ4n) is 2.41. The first-order valence-electron chi connectivity index (χ1n) is 6.29. The lowest BCUT2D eigenvalue weighted by Crippen LogP contribution is -2.36. The van der Waals surface area contributed by atoms with Crippen molar-refractivity contribution in [3.63, 3.8) is 0 Å². The topological polar surface area (TPSA) is 83.9 Å². The third-order valence-electron chi connectivity index (χ3n) is 3.42. The van der Waals surface area contributed by atoms with Gasteiger partial charge in [-0.2, -0.15) is 0 Å². The summed E-state index contributed by atoms with van der Waals surface area (Å²) in [7, 11) is 1.21. The predicted octanol–water partition coefficient (Wildman–Crippen LogP) is 0.973. The predicted molar refractivity (Wildman–Crippen MR) is 68.6 cm³/mol. The summed E-state index contributed by atoms with van der Waals surface area (Å²) in [6.07, 6.45) is -0.0857. The fourth-order valence-corrected chi connectivity index (χ4v) is 2.41. The van der Waals surface area contributed by atoms with Gasteiger partial charge in [-0.25, -0.2) is 9.18 Å². The smallest absolute Gasteiger partial charge is 0.331 e. The van der Waals surface area contributed by atoms with Crippen molar-refractivity contribution >= 4 is 17.8 Å². The first-order chi connectivity index (χ1) is 9.93. The second kappa shape index (κ2) is 5.90. The average Bonchev–Trinajstić information content (AvgIpc) is 2.82. The third-order valence-corrected chi connectivity index (χ3v) is 3.42. The molecule has 2 atom stereocenters. The number of nitrogens with zero attached hydrogens (tertiary/aromatic N) is 1. The highest BCUT2D eigenvalue weighted by Gasteiger charge is 2.41. The van der Waals surface area contributed by atoms with Crippen LogP contribution in [0.25, 0.3) is 0 Å². The van der Waals surface area contributed by atoms with Crippen LogP contribution in [0.1, 0.15) is 18.0 Å². The summed E-state index contributed by atoms with van der Waals surface area (Å²) < 4.78 is 17.5. The van der Waals surface area contributed by atoms with Crippen molar-refractivity contribution in [2.75, 3.05) is 13.7 Å². The Morgan fingerprint density at radius 1 is 1.38 bits per heavy atom. The molecule has 1 fully saturated rings. The van der Waals surface area contributed by atoms with E-state index in [2.05, 4.69) is 4.74 Å². The number of carboxylic acids is 1. The molecule has 1 N–H and O–H groups in total. The van der Waals surface area contributed by atoms with Gasteiger partial charge in [0, 0.05) is 13.0 Å². The number of amides is 1. The molecule has 112 valence electrons. The van der Waals surface area contributed by atoms with E-state index in [-0.39, 0.29) is 18.5 Å². The lowest BCUT2D eigenvalue weighted by molar-refractivity contribution is -0.149. The number of benzene rings is 1. The fraction of sp³-hybridized carbons (Fsp3) is 0.357. The van der Waals surface area contributed by atoms with Crippen LogP contribution in [-0.4, -0.2) is 41.5 Å². The van der Waals surface area contributed by atoms with Crippen LogP contribution in [0.3, 0.4) is 0 Å². The van der Waals surface area contributed by atoms with Crippen molar-refractivity contribution in [3.8, 4) is 0 Å². The summed E-state index contributed by atoms with van der Waals surface area (Å²) in [4.78, 5) is 36.0. The average molecular weight is 295 g/mol. The lowest BCUT2D eigenvalue weighted by Gasteiger charge is -2.24. The van der Waals surface area contributed by atoms with E-state index >= 15 is 0 Å². The van der Waals surface area contributed by atoms with Gasteiger partial charge in [0.15, 0.2) is 6.04 Å². The van der Waals surface area contributed by atoms with E-state index in [1.807, 2.05) is 0 Å². The van der Waals surface area contributed by atoms with E-state index in [1.54, 1.807) is 0 Å². The third kappa shape index (κ3) is 3.01. The van der Waals surface area contributed by atoms with Crippen LogP contribution in [0.2, 0.25) is 0 Å². The van der Waals surface area contributed by atoms with Gasteiger partial charge >= 0.3 is 11.9 Å². The molecule has 1 heterocycles. The Morgan fingerprint density at radius 3 is 2.52 bits per heavy atom. The van der Waals surface area contributed by atoms with Gasteiger partial charge < -0.3 is 14.7 Å². The largest absolute Gasteiger partial charge is 0.479 e. The Kier molecular flexibility index (Phi) is 4.21. The molecule has 0 aromatic heterocycles. The Labute approximate surface area is 120 Å². The summed E-state index contributed by atoms with van der Waals surface area (Å²) >= 11 is 0. The Bertz CT molecular complexity index is 571. The Morgan fingerprint density at radius 2 is 2.00 bits per heavy atom. The molecule has 1 aliphatic rings. The van der Waals surface area contributed by atoms with Gasteiger partial charge in [0.1, 0.15) is 5.82 Å². The zero-order valence-corrected chi connectivity index (χ0v) is 11.3. The van der Waals surface area contributed by atoms with Crippen molar-refractivity contribution in [3.05, 3.63) is 35.6 Å². The highest BCUT2D eigenvalue weighted by atomic mass is 19.1. The molecular weight excluding hydrogens is 281 g/mol. The first kappa shape index (κ1) is 15.0. The normalized spacial score (nSPS) is 19.4. The van der Waals surface area contributed by atoms with Crippen molar-refractivity contribution in [2.24, 2.45) is 5.92 Å². The number of hydrogen-bond acceptors (Lipinski definition) is 4. The van der Waals surface area contributed by atoms with Gasteiger partial charge in [-0.1, -0.05) is 12.1 Å². The zero-order chi connectivity index (χ0) is 15.6. The molecule has 0 spiro atoms. The van der Waals surface area contributed by atoms with Gasteiger partial charge in [0.2, 0.25) is 5.91 Å². The lowest BCUT2D eigenvalue weighted by atomic mass is 10.1. The van der Waals surface area contributed by atoms with Crippen LogP contribution in [-0.2, 0) is 19.1 Å². The number of carboxylic acid groups (broad SMARTS) is 1. The highest BCUT2D eigenvalue weighted by molar-refractivity contribution is 5.90. The van der Waals surface area contributed by atoms with E-state index in [0.717, 1.165) is 17.0 Å². The molecule has 1 aromatic carbocycles. The van der Waals surface area contributed by atoms with Crippen molar-refractivity contribution in [1.82, 2.24) is 4.90 Å². The molecule has 0 aliphatic carbocycles. The Balaban J connectivity index is 2.27. The van der Waals surface area contributed by atoms with E-state index < -0.39 is 35.6 Å². The van der Waals surface area contributed by atoms with Crippen LogP contribution in [0.15, 0.2) is 24.3 Å². The van der Waals surface area contributed by atoms with E-state index in [4.69, 9.17) is 0 Å². The minimum atomic E-state index is -1.24. The van der Waals surface area contributed by atoms with Crippen LogP contribution >= 0.6 is 0 Å². The molecule has 21 heavy (non-hydrogen) atoms. The van der Waals surface area contributed by atoms with E-state index in [0.29, 0.717) is 0 Å². The summed E-state index contributed by atoms with van der Waals surface area (Å²) in [5.74, 6) is -3.40. The summed E-state index contributed by atoms with van der Waals surface area (Å²) in [5.41, 5.74) is 0.280. The maximum Gasteiger partial charge on any atom is 0.331 e. The van der Waals surface area contributed by atoms with Gasteiger partial charge in [-0.3, -0.25) is 9.59 Å². The number of aliphatic carboxylic acids is 1. The molecule has 1 aliphatic heterocycles. The molecule has 7 heteroatoms. The van der Waals surface area contributed by atoms with E-state index in [1.165, 1.54) is 19.2 Å². The summed E-state index contributed by atoms with van der Waals surface area (Å²) in [6.45, 7) is -0.0279. The van der Waals surface area contributed by atoms with Gasteiger partial charge in [0.05, 0.1) is 13.0 Å². The number of rotatable bonds is 4. The molecule has 0 bridgehead atoms. The maximum absolute atomic E-state index is 12.9. The minimum Gasteiger partial charge on any atom is -0.479 e. The number of methoxy groups -OCH3 is 1. The number of carbonyl (C=O) groups is 3. The number of esters is 1. The molecule has 1 unspecified atom stereocenters. The number of ether oxygens (including phenoxy) is 1. The second-order valence-corrected chi connectivity index (χ2v) is 4.76. The van der Waals surface area contributed by atoms with Crippen LogP contribution in [0.4, 0.5) is 4.39 Å². The second-order valence-electron chi connectivity index (χ2n) is 4.76. The van der Waals surface area contributed by atoms with Crippen LogP contribution in [0.5, 0.6) is 0 Å². The number of halogens is 1. The number of carbonyl (C=O) groups excluding carboxylic acids is 2. The van der Waals surface area contributed by atoms with Crippen molar-refractivity contribution in [1.29, 1.82) is 0 Å². The summed E-state index contributed by atoms with van der Waals surface area (Å²) in [6, 6.07) is 3.64. The zero-order valence-electron chi connectivity index (χ0n) is 11.3. The minimum absolute atomic E-state index is 0.0279. The standard InChI is InChI=1S/C14H14FNO5/c1-21-14(20)9-6-11(17)16(7-9)12(13(18)19)8-2-4-10(15)5-3-8/h2-5,9,12H,6-7H2,1H3,(H,18,19)/t9?,12-/m0/s1. The maximum atomic E-state index is 12.9. The van der Waals surface area contributed by atoms with Crippen molar-refractivity contribution < 1.29 is 28.6 Å². The van der Waals surface area contributed by atoms with Crippen molar-refractivity contribution in [2.45, 2.75) is 12.5 Å². The highest BCUT2D eigenvalue weighted by Crippen LogP contribution is 2.29. The van der Waals surface area contributed by atoms with Crippen LogP contribution < -0.4 is 0 Å². The summed E-state index contributed by atoms with van der Waals surface area (Å²) in [5, 5.41) is 9.35. The van der Waals surface area contributed by atoms with Gasteiger partial charge in [-0.15, -0.1) is 0 Å². The van der Waals surface area contributed by atoms with Crippen LogP contribution in [0, 0.1) is 11.7 Å². The molecule has 6 nitrogen and oxygen atoms in total. The molecule has 2 rings (SSSR count). The number of hydrogen-bond donors (Lipinski definition) is 1. The molecule has 1 aromatic rings. The number of likely N-dealkylation sites (tertiary alicyclic amines) is 1. The molecule has 1 amide bonds. The van der Waals surface area contributed by atoms with Gasteiger partial charge in [0.25, 0.3) is 0 Å². The SMILES string of the molecule is COC(=O)C1CC(=O)N([C@H](C(=O)O)c2ccc(F)cc2)C1. The molecule has 1 saturated heterocycles. The first-order valence-corrected chi connectivity index (χ1v) is 6.29. The Hall–Kier alpha value is -2.44. The van der Waals surface area contributed by atoms with Gasteiger partial charge in [-0.05, 0) is 17.7 Å². The molecular formula is C14H14FNO5.